The van der Waals surface area contributed by atoms with E-state index in [1.807, 2.05) is 12.1 Å². The Kier molecular flexibility index (Phi) is 4.98. The maximum Gasteiger partial charge on any atom is 0.0635 e. The third-order valence-electron chi connectivity index (χ3n) is 3.25. The zero-order chi connectivity index (χ0) is 13.5. The van der Waals surface area contributed by atoms with Gasteiger partial charge in [-0.25, -0.2) is 0 Å². The fourth-order valence-electron chi connectivity index (χ4n) is 2.11. The van der Waals surface area contributed by atoms with Crippen LogP contribution < -0.4 is 5.73 Å². The molecule has 3 heteroatoms. The lowest BCUT2D eigenvalue weighted by molar-refractivity contribution is 0.261. The van der Waals surface area contributed by atoms with E-state index in [0.29, 0.717) is 19.0 Å². The summed E-state index contributed by atoms with van der Waals surface area (Å²) in [6.45, 7) is 2.19. The van der Waals surface area contributed by atoms with Gasteiger partial charge in [-0.3, -0.25) is 4.90 Å². The van der Waals surface area contributed by atoms with Crippen molar-refractivity contribution in [1.29, 1.82) is 5.26 Å². The molecule has 1 saturated carbocycles. The van der Waals surface area contributed by atoms with Gasteiger partial charge in [0.25, 0.3) is 0 Å². The molecule has 0 saturated heterocycles. The largest absolute Gasteiger partial charge is 0.320 e. The highest BCUT2D eigenvalue weighted by atomic mass is 15.2. The Bertz CT molecular complexity index is 498. The molecule has 0 bridgehead atoms. The predicted molar refractivity (Wildman–Crippen MR) is 76.0 cm³/mol. The van der Waals surface area contributed by atoms with Gasteiger partial charge in [-0.15, -0.1) is 0 Å². The number of hydrogen-bond donors (Lipinski definition) is 1. The number of rotatable bonds is 5. The molecule has 3 nitrogen and oxygen atoms in total. The van der Waals surface area contributed by atoms with E-state index >= 15 is 0 Å². The van der Waals surface area contributed by atoms with Crippen molar-refractivity contribution in [2.24, 2.45) is 5.73 Å². The first-order valence-electron chi connectivity index (χ1n) is 6.72. The minimum absolute atomic E-state index is 0.394. The standard InChI is InChI=1S/C16H19N3/c17-10-1-3-14-4-6-15(7-5-14)13-19(12-2-11-18)16-8-9-16/h4-7,16H,2,8-10,12-13,17H2. The van der Waals surface area contributed by atoms with Gasteiger partial charge in [-0.05, 0) is 30.5 Å². The molecule has 2 rings (SSSR count). The maximum absolute atomic E-state index is 8.70. The van der Waals surface area contributed by atoms with Crippen LogP contribution in [-0.4, -0.2) is 24.0 Å². The van der Waals surface area contributed by atoms with Crippen LogP contribution in [0.1, 0.15) is 30.4 Å². The molecular formula is C16H19N3. The Morgan fingerprint density at radius 2 is 2.00 bits per heavy atom. The van der Waals surface area contributed by atoms with Crippen molar-refractivity contribution in [2.75, 3.05) is 13.1 Å². The van der Waals surface area contributed by atoms with Crippen LogP contribution in [0.4, 0.5) is 0 Å². The van der Waals surface area contributed by atoms with Gasteiger partial charge < -0.3 is 5.73 Å². The van der Waals surface area contributed by atoms with E-state index in [-0.39, 0.29) is 0 Å². The summed E-state index contributed by atoms with van der Waals surface area (Å²) < 4.78 is 0. The Balaban J connectivity index is 1.95. The molecule has 1 aliphatic carbocycles. The number of benzene rings is 1. The van der Waals surface area contributed by atoms with Gasteiger partial charge in [-0.1, -0.05) is 24.0 Å². The summed E-state index contributed by atoms with van der Waals surface area (Å²) in [4.78, 5) is 2.41. The van der Waals surface area contributed by atoms with E-state index < -0.39 is 0 Å². The summed E-state index contributed by atoms with van der Waals surface area (Å²) >= 11 is 0. The zero-order valence-corrected chi connectivity index (χ0v) is 11.1. The Morgan fingerprint density at radius 1 is 1.26 bits per heavy atom. The molecule has 0 aromatic heterocycles. The van der Waals surface area contributed by atoms with E-state index in [9.17, 15) is 0 Å². The van der Waals surface area contributed by atoms with Gasteiger partial charge in [0.15, 0.2) is 0 Å². The van der Waals surface area contributed by atoms with Crippen LogP contribution in [0.2, 0.25) is 0 Å². The monoisotopic (exact) mass is 253 g/mol. The first kappa shape index (κ1) is 13.6. The van der Waals surface area contributed by atoms with Crippen LogP contribution in [0.15, 0.2) is 24.3 Å². The van der Waals surface area contributed by atoms with Crippen molar-refractivity contribution in [2.45, 2.75) is 31.8 Å². The van der Waals surface area contributed by atoms with Gasteiger partial charge in [0.1, 0.15) is 0 Å². The molecule has 0 spiro atoms. The topological polar surface area (TPSA) is 53.0 Å². The average molecular weight is 253 g/mol. The highest BCUT2D eigenvalue weighted by Crippen LogP contribution is 2.28. The summed E-state index contributed by atoms with van der Waals surface area (Å²) in [6, 6.07) is 11.2. The second-order valence-electron chi connectivity index (χ2n) is 4.81. The maximum atomic E-state index is 8.70. The van der Waals surface area contributed by atoms with Crippen molar-refractivity contribution in [3.63, 3.8) is 0 Å². The van der Waals surface area contributed by atoms with E-state index in [1.165, 1.54) is 18.4 Å². The van der Waals surface area contributed by atoms with Crippen molar-refractivity contribution in [3.8, 4) is 17.9 Å². The fraction of sp³-hybridized carbons (Fsp3) is 0.438. The summed E-state index contributed by atoms with van der Waals surface area (Å²) in [5, 5.41) is 8.70. The van der Waals surface area contributed by atoms with E-state index in [4.69, 9.17) is 11.0 Å². The van der Waals surface area contributed by atoms with Gasteiger partial charge in [0.2, 0.25) is 0 Å². The van der Waals surface area contributed by atoms with Crippen molar-refractivity contribution < 1.29 is 0 Å². The zero-order valence-electron chi connectivity index (χ0n) is 11.1. The van der Waals surface area contributed by atoms with Crippen LogP contribution in [0, 0.1) is 23.2 Å². The first-order chi connectivity index (χ1) is 9.33. The first-order valence-corrected chi connectivity index (χ1v) is 6.72. The quantitative estimate of drug-likeness (QED) is 0.815. The molecule has 2 N–H and O–H groups in total. The molecule has 0 atom stereocenters. The Labute approximate surface area is 115 Å². The van der Waals surface area contributed by atoms with E-state index in [1.54, 1.807) is 0 Å². The van der Waals surface area contributed by atoms with Gasteiger partial charge in [-0.2, -0.15) is 5.26 Å². The van der Waals surface area contributed by atoms with Gasteiger partial charge >= 0.3 is 0 Å². The predicted octanol–water partition coefficient (Wildman–Crippen LogP) is 1.87. The van der Waals surface area contributed by atoms with Crippen molar-refractivity contribution in [3.05, 3.63) is 35.4 Å². The number of nitrogens with zero attached hydrogens (tertiary/aromatic N) is 2. The molecule has 1 aromatic carbocycles. The minimum Gasteiger partial charge on any atom is -0.320 e. The van der Waals surface area contributed by atoms with Crippen molar-refractivity contribution in [1.82, 2.24) is 4.90 Å². The molecule has 0 aliphatic heterocycles. The summed E-state index contributed by atoms with van der Waals surface area (Å²) in [7, 11) is 0. The molecule has 1 aromatic rings. The lowest BCUT2D eigenvalue weighted by atomic mass is 10.1. The molecule has 1 aliphatic rings. The van der Waals surface area contributed by atoms with Crippen LogP contribution in [0.5, 0.6) is 0 Å². The summed E-state index contributed by atoms with van der Waals surface area (Å²) in [6.07, 6.45) is 3.15. The molecule has 1 fully saturated rings. The molecule has 0 heterocycles. The van der Waals surface area contributed by atoms with Crippen LogP contribution in [0.25, 0.3) is 0 Å². The second-order valence-corrected chi connectivity index (χ2v) is 4.81. The number of hydrogen-bond acceptors (Lipinski definition) is 3. The third-order valence-corrected chi connectivity index (χ3v) is 3.25. The average Bonchev–Trinajstić information content (AvgIpc) is 3.27. The minimum atomic E-state index is 0.394. The van der Waals surface area contributed by atoms with Gasteiger partial charge in [0.05, 0.1) is 12.6 Å². The normalized spacial score (nSPS) is 13.7. The summed E-state index contributed by atoms with van der Waals surface area (Å²) in [5.74, 6) is 5.87. The van der Waals surface area contributed by atoms with Crippen LogP contribution in [-0.2, 0) is 6.54 Å². The lowest BCUT2D eigenvalue weighted by Gasteiger charge is -2.20. The number of nitriles is 1. The molecule has 0 radical (unpaired) electrons. The van der Waals surface area contributed by atoms with Crippen molar-refractivity contribution >= 4 is 0 Å². The van der Waals surface area contributed by atoms with E-state index in [2.05, 4.69) is 34.9 Å². The summed E-state index contributed by atoms with van der Waals surface area (Å²) in [5.41, 5.74) is 7.64. The van der Waals surface area contributed by atoms with Crippen LogP contribution >= 0.6 is 0 Å². The SMILES string of the molecule is N#CCCN(Cc1ccc(C#CCN)cc1)C1CC1. The second kappa shape index (κ2) is 6.95. The highest BCUT2D eigenvalue weighted by Gasteiger charge is 2.28. The van der Waals surface area contributed by atoms with Gasteiger partial charge in [0, 0.05) is 31.1 Å². The molecule has 19 heavy (non-hydrogen) atoms. The molecule has 98 valence electrons. The molecular weight excluding hydrogens is 234 g/mol. The fourth-order valence-corrected chi connectivity index (χ4v) is 2.11. The number of nitrogens with two attached hydrogens (primary N) is 1. The van der Waals surface area contributed by atoms with E-state index in [0.717, 1.165) is 18.7 Å². The molecule has 0 unspecified atom stereocenters. The molecule has 0 amide bonds. The Hall–Kier alpha value is -1.81. The van der Waals surface area contributed by atoms with Crippen LogP contribution in [0.3, 0.4) is 0 Å². The lowest BCUT2D eigenvalue weighted by Crippen LogP contribution is -2.26. The smallest absolute Gasteiger partial charge is 0.0635 e. The highest BCUT2D eigenvalue weighted by molar-refractivity contribution is 5.36. The third kappa shape index (κ3) is 4.41. The Morgan fingerprint density at radius 3 is 2.58 bits per heavy atom.